The van der Waals surface area contributed by atoms with Crippen molar-refractivity contribution in [3.63, 3.8) is 0 Å². The van der Waals surface area contributed by atoms with Crippen LogP contribution in [0.25, 0.3) is 0 Å². The van der Waals surface area contributed by atoms with E-state index >= 15 is 0 Å². The van der Waals surface area contributed by atoms with E-state index in [2.05, 4.69) is 19.6 Å². The number of nitrogens with one attached hydrogen (secondary N) is 2. The lowest BCUT2D eigenvalue weighted by Crippen LogP contribution is -2.22. The number of carbonyl (C=O) groups is 1. The van der Waals surface area contributed by atoms with Gasteiger partial charge in [-0.15, -0.1) is 0 Å². The number of aromatic nitrogens is 2. The lowest BCUT2D eigenvalue weighted by molar-refractivity contribution is -0.134. The summed E-state index contributed by atoms with van der Waals surface area (Å²) in [5, 5.41) is 18.1. The molecule has 0 unspecified atom stereocenters. The average molecular weight is 240 g/mol. The highest BCUT2D eigenvalue weighted by atomic mass is 16.6. The van der Waals surface area contributed by atoms with Gasteiger partial charge in [-0.2, -0.15) is 4.98 Å². The van der Waals surface area contributed by atoms with Gasteiger partial charge in [0.15, 0.2) is 0 Å². The Hall–Kier alpha value is -2.25. The third-order valence-electron chi connectivity index (χ3n) is 1.71. The van der Waals surface area contributed by atoms with Crippen LogP contribution in [-0.2, 0) is 14.3 Å². The maximum Gasteiger partial charge on any atom is 0.393 e. The third-order valence-corrected chi connectivity index (χ3v) is 1.71. The summed E-state index contributed by atoms with van der Waals surface area (Å²) in [6.07, 6.45) is 0. The second kappa shape index (κ2) is 5.19. The smallest absolute Gasteiger partial charge is 0.393 e. The Morgan fingerprint density at radius 1 is 1.41 bits per heavy atom. The first kappa shape index (κ1) is 12.8. The number of rotatable bonds is 2. The quantitative estimate of drug-likeness (QED) is 0.445. The summed E-state index contributed by atoms with van der Waals surface area (Å²) in [4.78, 5) is 14.7. The fourth-order valence-corrected chi connectivity index (χ4v) is 0.844. The molecule has 0 aromatic carbocycles. The Balaban J connectivity index is 2.70. The van der Waals surface area contributed by atoms with E-state index in [-0.39, 0.29) is 11.7 Å². The molecular weight excluding hydrogens is 228 g/mol. The van der Waals surface area contributed by atoms with Crippen LogP contribution in [-0.4, -0.2) is 35.0 Å². The van der Waals surface area contributed by atoms with E-state index in [1.165, 1.54) is 0 Å². The normalized spacial score (nSPS) is 10.1. The largest absolute Gasteiger partial charge is 0.462 e. The molecule has 1 aromatic rings. The Kier molecular flexibility index (Phi) is 3.91. The number of nitrogens with zero attached hydrogens (tertiary/aromatic N) is 2. The number of carbonyl (C=O) groups excluding carboxylic acids is 1. The van der Waals surface area contributed by atoms with Crippen LogP contribution in [0, 0.1) is 10.8 Å². The fraction of sp³-hybridized carbons (Fsp3) is 0.444. The molecule has 2 N–H and O–H groups in total. The molecule has 0 aliphatic carbocycles. The maximum absolute atomic E-state index is 10.9. The minimum absolute atomic E-state index is 0.0177. The SMILES string of the molecule is COC(=O)C(=N)OC(=N)c1noc(C(C)C)n1. The van der Waals surface area contributed by atoms with Gasteiger partial charge in [0.1, 0.15) is 0 Å². The molecule has 17 heavy (non-hydrogen) atoms. The summed E-state index contributed by atoms with van der Waals surface area (Å²) < 4.78 is 13.7. The molecule has 0 aliphatic rings. The minimum atomic E-state index is -0.984. The highest BCUT2D eigenvalue weighted by molar-refractivity contribution is 6.33. The number of esters is 1. The molecule has 0 saturated heterocycles. The zero-order valence-electron chi connectivity index (χ0n) is 9.60. The molecule has 0 fully saturated rings. The van der Waals surface area contributed by atoms with Gasteiger partial charge in [-0.05, 0) is 0 Å². The highest BCUT2D eigenvalue weighted by Gasteiger charge is 2.19. The van der Waals surface area contributed by atoms with E-state index in [0.29, 0.717) is 5.89 Å². The molecule has 0 radical (unpaired) electrons. The van der Waals surface area contributed by atoms with Crippen molar-refractivity contribution < 1.29 is 18.8 Å². The van der Waals surface area contributed by atoms with Crippen LogP contribution >= 0.6 is 0 Å². The van der Waals surface area contributed by atoms with Crippen molar-refractivity contribution in [3.05, 3.63) is 11.7 Å². The predicted octanol–water partition coefficient (Wildman–Crippen LogP) is 0.685. The molecule has 0 atom stereocenters. The highest BCUT2D eigenvalue weighted by Crippen LogP contribution is 2.11. The van der Waals surface area contributed by atoms with E-state index in [1.807, 2.05) is 13.8 Å². The van der Waals surface area contributed by atoms with E-state index in [4.69, 9.17) is 15.3 Å². The van der Waals surface area contributed by atoms with Gasteiger partial charge in [0.05, 0.1) is 7.11 Å². The first-order chi connectivity index (χ1) is 7.95. The van der Waals surface area contributed by atoms with Gasteiger partial charge in [0.2, 0.25) is 5.89 Å². The van der Waals surface area contributed by atoms with Crippen molar-refractivity contribution in [1.29, 1.82) is 10.8 Å². The van der Waals surface area contributed by atoms with Crippen molar-refractivity contribution in [1.82, 2.24) is 10.1 Å². The summed E-state index contributed by atoms with van der Waals surface area (Å²) >= 11 is 0. The van der Waals surface area contributed by atoms with E-state index in [0.717, 1.165) is 7.11 Å². The first-order valence-electron chi connectivity index (χ1n) is 4.73. The van der Waals surface area contributed by atoms with E-state index < -0.39 is 17.8 Å². The van der Waals surface area contributed by atoms with Gasteiger partial charge in [-0.25, -0.2) is 4.79 Å². The van der Waals surface area contributed by atoms with Gasteiger partial charge in [0.25, 0.3) is 11.7 Å². The molecule has 0 aliphatic heterocycles. The number of methoxy groups -OCH3 is 1. The predicted molar refractivity (Wildman–Crippen MR) is 56.0 cm³/mol. The van der Waals surface area contributed by atoms with E-state index in [9.17, 15) is 4.79 Å². The molecule has 1 heterocycles. The molecule has 92 valence electrons. The summed E-state index contributed by atoms with van der Waals surface area (Å²) in [6.45, 7) is 3.69. The lowest BCUT2D eigenvalue weighted by Gasteiger charge is -2.02. The van der Waals surface area contributed by atoms with Crippen LogP contribution in [0.1, 0.15) is 31.5 Å². The lowest BCUT2D eigenvalue weighted by atomic mass is 10.2. The van der Waals surface area contributed by atoms with Crippen molar-refractivity contribution in [2.45, 2.75) is 19.8 Å². The molecule has 0 amide bonds. The van der Waals surface area contributed by atoms with Crippen LogP contribution < -0.4 is 0 Å². The monoisotopic (exact) mass is 240 g/mol. The molecule has 0 saturated carbocycles. The Labute approximate surface area is 96.9 Å². The van der Waals surface area contributed by atoms with Gasteiger partial charge in [-0.3, -0.25) is 10.8 Å². The Morgan fingerprint density at radius 3 is 2.53 bits per heavy atom. The average Bonchev–Trinajstić information content (AvgIpc) is 2.77. The fourth-order valence-electron chi connectivity index (χ4n) is 0.844. The van der Waals surface area contributed by atoms with Crippen molar-refractivity contribution in [2.24, 2.45) is 0 Å². The van der Waals surface area contributed by atoms with Crippen molar-refractivity contribution in [3.8, 4) is 0 Å². The molecular formula is C9H12N4O4. The molecule has 0 bridgehead atoms. The van der Waals surface area contributed by atoms with Crippen LogP contribution in [0.2, 0.25) is 0 Å². The second-order valence-electron chi connectivity index (χ2n) is 3.36. The standard InChI is InChI=1S/C9H12N4O4/c1-4(2)8-12-7(13-17-8)5(10)16-6(11)9(14)15-3/h4,10-11H,1-3H3. The number of hydrogen-bond acceptors (Lipinski definition) is 8. The van der Waals surface area contributed by atoms with Crippen LogP contribution in [0.4, 0.5) is 0 Å². The maximum atomic E-state index is 10.9. The first-order valence-corrected chi connectivity index (χ1v) is 4.73. The second-order valence-corrected chi connectivity index (χ2v) is 3.36. The number of hydrogen-bond donors (Lipinski definition) is 2. The number of ether oxygens (including phenoxy) is 2. The Morgan fingerprint density at radius 2 is 2.06 bits per heavy atom. The molecule has 1 aromatic heterocycles. The summed E-state index contributed by atoms with van der Waals surface area (Å²) in [6, 6.07) is 0. The third kappa shape index (κ3) is 3.10. The zero-order chi connectivity index (χ0) is 13.0. The van der Waals surface area contributed by atoms with Gasteiger partial charge in [-0.1, -0.05) is 19.0 Å². The van der Waals surface area contributed by atoms with Crippen molar-refractivity contribution in [2.75, 3.05) is 7.11 Å². The zero-order valence-corrected chi connectivity index (χ0v) is 9.60. The summed E-state index contributed by atoms with van der Waals surface area (Å²) in [7, 11) is 1.11. The van der Waals surface area contributed by atoms with Gasteiger partial charge < -0.3 is 14.0 Å². The van der Waals surface area contributed by atoms with E-state index in [1.54, 1.807) is 0 Å². The van der Waals surface area contributed by atoms with Gasteiger partial charge >= 0.3 is 11.9 Å². The minimum Gasteiger partial charge on any atom is -0.462 e. The molecule has 8 nitrogen and oxygen atoms in total. The Bertz CT molecular complexity index is 452. The summed E-state index contributed by atoms with van der Waals surface area (Å²) in [5.41, 5.74) is 0. The topological polar surface area (TPSA) is 122 Å². The molecule has 1 rings (SSSR count). The molecule has 8 heteroatoms. The van der Waals surface area contributed by atoms with Crippen molar-refractivity contribution >= 4 is 17.8 Å². The molecule has 0 spiro atoms. The van der Waals surface area contributed by atoms with Crippen LogP contribution in [0.3, 0.4) is 0 Å². The van der Waals surface area contributed by atoms with Gasteiger partial charge in [0, 0.05) is 5.92 Å². The van der Waals surface area contributed by atoms with Crippen LogP contribution in [0.5, 0.6) is 0 Å². The summed E-state index contributed by atoms with van der Waals surface area (Å²) in [5.74, 6) is -2.10. The van der Waals surface area contributed by atoms with Crippen LogP contribution in [0.15, 0.2) is 4.52 Å².